The zero-order valence-electron chi connectivity index (χ0n) is 16.7. The van der Waals surface area contributed by atoms with Crippen molar-refractivity contribution >= 4 is 23.2 Å². The summed E-state index contributed by atoms with van der Waals surface area (Å²) in [5.41, 5.74) is 2.52. The van der Waals surface area contributed by atoms with E-state index in [2.05, 4.69) is 31.3 Å². The summed E-state index contributed by atoms with van der Waals surface area (Å²) in [6.07, 6.45) is 0.855. The second kappa shape index (κ2) is 9.50. The Hall–Kier alpha value is -2.41. The molecule has 0 atom stereocenters. The van der Waals surface area contributed by atoms with Crippen molar-refractivity contribution in [3.05, 3.63) is 51.5 Å². The molecule has 1 heterocycles. The molecule has 146 valence electrons. The van der Waals surface area contributed by atoms with Crippen molar-refractivity contribution in [3.8, 4) is 0 Å². The van der Waals surface area contributed by atoms with E-state index in [1.54, 1.807) is 18.4 Å². The Bertz CT molecular complexity index is 792. The Morgan fingerprint density at radius 2 is 2.04 bits per heavy atom. The van der Waals surface area contributed by atoms with Crippen LogP contribution in [0.15, 0.2) is 34.6 Å². The van der Waals surface area contributed by atoms with Crippen molar-refractivity contribution in [1.82, 2.24) is 20.9 Å². The summed E-state index contributed by atoms with van der Waals surface area (Å²) in [6.45, 7) is 9.28. The largest absolute Gasteiger partial charge is 0.356 e. The Morgan fingerprint density at radius 3 is 2.67 bits per heavy atom. The number of nitrogens with one attached hydrogen (secondary N) is 3. The number of thiazole rings is 1. The molecule has 0 bridgehead atoms. The van der Waals surface area contributed by atoms with Gasteiger partial charge in [-0.25, -0.2) is 4.98 Å². The van der Waals surface area contributed by atoms with E-state index < -0.39 is 0 Å². The first kappa shape index (κ1) is 20.9. The van der Waals surface area contributed by atoms with E-state index in [9.17, 15) is 4.79 Å². The molecule has 0 radical (unpaired) electrons. The number of aromatic nitrogens is 1. The molecule has 3 N–H and O–H groups in total. The van der Waals surface area contributed by atoms with Gasteiger partial charge in [0.1, 0.15) is 0 Å². The maximum absolute atomic E-state index is 12.3. The summed E-state index contributed by atoms with van der Waals surface area (Å²) in [5.74, 6) is 0.664. The molecule has 1 aromatic carbocycles. The van der Waals surface area contributed by atoms with E-state index >= 15 is 0 Å². The topological polar surface area (TPSA) is 78.4 Å². The molecule has 0 aliphatic carbocycles. The maximum Gasteiger partial charge on any atom is 0.251 e. The molecule has 0 unspecified atom stereocenters. The van der Waals surface area contributed by atoms with Crippen LogP contribution in [0, 0.1) is 6.92 Å². The number of aliphatic imine (C=N–C) groups is 1. The first-order valence-corrected chi connectivity index (χ1v) is 9.92. The average Bonchev–Trinajstić information content (AvgIpc) is 3.02. The molecule has 0 aliphatic heterocycles. The molecule has 0 spiro atoms. The van der Waals surface area contributed by atoms with Crippen molar-refractivity contribution in [2.75, 3.05) is 13.6 Å². The lowest BCUT2D eigenvalue weighted by atomic mass is 10.1. The van der Waals surface area contributed by atoms with Crippen LogP contribution in [0.3, 0.4) is 0 Å². The highest BCUT2D eigenvalue weighted by Crippen LogP contribution is 2.09. The summed E-state index contributed by atoms with van der Waals surface area (Å²) in [5, 5.41) is 12.7. The normalized spacial score (nSPS) is 12.0. The van der Waals surface area contributed by atoms with Crippen molar-refractivity contribution in [2.45, 2.75) is 46.2 Å². The third kappa shape index (κ3) is 7.38. The van der Waals surface area contributed by atoms with Crippen LogP contribution < -0.4 is 16.0 Å². The highest BCUT2D eigenvalue weighted by Gasteiger charge is 2.15. The molecule has 0 fully saturated rings. The number of carbonyl (C=O) groups is 1. The summed E-state index contributed by atoms with van der Waals surface area (Å²) in [4.78, 5) is 21.0. The molecule has 0 saturated heterocycles. The van der Waals surface area contributed by atoms with Gasteiger partial charge in [0.2, 0.25) is 0 Å². The van der Waals surface area contributed by atoms with Crippen molar-refractivity contribution < 1.29 is 4.79 Å². The second-order valence-corrected chi connectivity index (χ2v) is 8.43. The summed E-state index contributed by atoms with van der Waals surface area (Å²) in [6, 6.07) is 7.62. The van der Waals surface area contributed by atoms with E-state index in [0.717, 1.165) is 35.2 Å². The minimum Gasteiger partial charge on any atom is -0.356 e. The van der Waals surface area contributed by atoms with Gasteiger partial charge in [-0.3, -0.25) is 9.79 Å². The lowest BCUT2D eigenvalue weighted by molar-refractivity contribution is 0.0919. The number of guanidine groups is 1. The average molecular weight is 388 g/mol. The van der Waals surface area contributed by atoms with Gasteiger partial charge in [0.25, 0.3) is 5.91 Å². The molecule has 6 nitrogen and oxygen atoms in total. The van der Waals surface area contributed by atoms with Crippen molar-refractivity contribution in [2.24, 2.45) is 4.99 Å². The van der Waals surface area contributed by atoms with Gasteiger partial charge < -0.3 is 16.0 Å². The third-order valence-electron chi connectivity index (χ3n) is 3.70. The van der Waals surface area contributed by atoms with Gasteiger partial charge in [-0.1, -0.05) is 12.1 Å². The lowest BCUT2D eigenvalue weighted by Crippen LogP contribution is -2.40. The Balaban J connectivity index is 1.85. The maximum atomic E-state index is 12.3. The number of amides is 1. The molecule has 0 saturated carbocycles. The molecule has 7 heteroatoms. The van der Waals surface area contributed by atoms with Crippen molar-refractivity contribution in [1.29, 1.82) is 0 Å². The first-order valence-electron chi connectivity index (χ1n) is 9.04. The van der Waals surface area contributed by atoms with Crippen LogP contribution in [0.1, 0.15) is 47.4 Å². The number of benzene rings is 1. The van der Waals surface area contributed by atoms with E-state index in [4.69, 9.17) is 0 Å². The van der Waals surface area contributed by atoms with E-state index in [-0.39, 0.29) is 11.4 Å². The number of nitrogens with zero attached hydrogens (tertiary/aromatic N) is 2. The molecular weight excluding hydrogens is 358 g/mol. The fraction of sp³-hybridized carbons (Fsp3) is 0.450. The smallest absolute Gasteiger partial charge is 0.251 e. The van der Waals surface area contributed by atoms with Crippen LogP contribution in [0.5, 0.6) is 0 Å². The predicted octanol–water partition coefficient (Wildman–Crippen LogP) is 2.89. The van der Waals surface area contributed by atoms with Crippen LogP contribution in [-0.2, 0) is 13.0 Å². The highest BCUT2D eigenvalue weighted by atomic mass is 32.1. The second-order valence-electron chi connectivity index (χ2n) is 7.36. The van der Waals surface area contributed by atoms with Crippen LogP contribution in [0.2, 0.25) is 0 Å². The van der Waals surface area contributed by atoms with Crippen LogP contribution in [-0.4, -0.2) is 36.0 Å². The summed E-state index contributed by atoms with van der Waals surface area (Å²) in [7, 11) is 1.75. The van der Waals surface area contributed by atoms with Crippen molar-refractivity contribution in [3.63, 3.8) is 0 Å². The number of carbonyl (C=O) groups excluding carboxylic acids is 1. The Kier molecular flexibility index (Phi) is 7.36. The zero-order valence-corrected chi connectivity index (χ0v) is 17.5. The van der Waals surface area contributed by atoms with Gasteiger partial charge in [0.05, 0.1) is 10.7 Å². The number of hydrogen-bond donors (Lipinski definition) is 3. The quantitative estimate of drug-likeness (QED) is 0.526. The number of rotatable bonds is 6. The minimum atomic E-state index is -0.257. The molecule has 1 amide bonds. The van der Waals surface area contributed by atoms with Gasteiger partial charge in [-0.15, -0.1) is 11.3 Å². The molecule has 1 aromatic heterocycles. The van der Waals surface area contributed by atoms with Gasteiger partial charge >= 0.3 is 0 Å². The summed E-state index contributed by atoms with van der Waals surface area (Å²) >= 11 is 1.67. The van der Waals surface area contributed by atoms with Crippen LogP contribution >= 0.6 is 11.3 Å². The molecule has 2 aromatic rings. The molecular formula is C20H29N5OS. The van der Waals surface area contributed by atoms with Gasteiger partial charge in [0, 0.05) is 43.0 Å². The first-order chi connectivity index (χ1) is 12.8. The van der Waals surface area contributed by atoms with Gasteiger partial charge in [-0.2, -0.15) is 0 Å². The summed E-state index contributed by atoms with van der Waals surface area (Å²) < 4.78 is 0. The van der Waals surface area contributed by atoms with Gasteiger partial charge in [0.15, 0.2) is 5.96 Å². The van der Waals surface area contributed by atoms with E-state index in [1.807, 2.05) is 52.0 Å². The minimum absolute atomic E-state index is 0.0644. The van der Waals surface area contributed by atoms with E-state index in [0.29, 0.717) is 12.1 Å². The van der Waals surface area contributed by atoms with E-state index in [1.165, 1.54) is 0 Å². The Morgan fingerprint density at radius 1 is 1.26 bits per heavy atom. The molecule has 27 heavy (non-hydrogen) atoms. The fourth-order valence-corrected chi connectivity index (χ4v) is 3.12. The monoisotopic (exact) mass is 387 g/mol. The molecule has 0 aliphatic rings. The molecule has 2 rings (SSSR count). The van der Waals surface area contributed by atoms with Crippen LogP contribution in [0.25, 0.3) is 0 Å². The number of hydrogen-bond acceptors (Lipinski definition) is 4. The highest BCUT2D eigenvalue weighted by molar-refractivity contribution is 7.09. The fourth-order valence-electron chi connectivity index (χ4n) is 2.47. The van der Waals surface area contributed by atoms with Crippen LogP contribution in [0.4, 0.5) is 0 Å². The zero-order chi connectivity index (χ0) is 19.9. The Labute approximate surface area is 165 Å². The number of aryl methyl sites for hydroxylation is 1. The third-order valence-corrected chi connectivity index (χ3v) is 4.52. The lowest BCUT2D eigenvalue weighted by Gasteiger charge is -2.20. The SMILES string of the molecule is CN=C(NCCc1csc(C)n1)NCc1cccc(C(=O)NC(C)(C)C)c1. The predicted molar refractivity (Wildman–Crippen MR) is 112 cm³/mol. The standard InChI is InChI=1S/C20H29N5OS/c1-14-24-17(13-27-14)9-10-22-19(21-5)23-12-15-7-6-8-16(11-15)18(26)25-20(2,3)4/h6-8,11,13H,9-10,12H2,1-5H3,(H,25,26)(H2,21,22,23). The van der Waals surface area contributed by atoms with Gasteiger partial charge in [-0.05, 0) is 45.4 Å².